The van der Waals surface area contributed by atoms with Crippen LogP contribution in [0.15, 0.2) is 24.3 Å². The second-order valence-electron chi connectivity index (χ2n) is 6.68. The zero-order valence-corrected chi connectivity index (χ0v) is 15.6. The van der Waals surface area contributed by atoms with Crippen molar-refractivity contribution in [2.75, 3.05) is 24.6 Å². The van der Waals surface area contributed by atoms with Gasteiger partial charge in [-0.05, 0) is 50.5 Å². The maximum atomic E-state index is 13.0. The second-order valence-corrected chi connectivity index (χ2v) is 7.11. The van der Waals surface area contributed by atoms with E-state index in [2.05, 4.69) is 0 Å². The van der Waals surface area contributed by atoms with Crippen LogP contribution in [0.4, 0.5) is 5.69 Å². The van der Waals surface area contributed by atoms with Gasteiger partial charge >= 0.3 is 5.97 Å². The topological polar surface area (TPSA) is 66.9 Å². The molecule has 6 nitrogen and oxygen atoms in total. The maximum absolute atomic E-state index is 13.0. The number of rotatable bonds is 4. The minimum atomic E-state index is -0.532. The summed E-state index contributed by atoms with van der Waals surface area (Å²) >= 11 is 5.90. The van der Waals surface area contributed by atoms with Crippen LogP contribution in [0.2, 0.25) is 5.02 Å². The van der Waals surface area contributed by atoms with Crippen LogP contribution in [0, 0.1) is 5.92 Å². The molecule has 7 heteroatoms. The lowest BCUT2D eigenvalue weighted by Gasteiger charge is -2.35. The quantitative estimate of drug-likeness (QED) is 0.755. The van der Waals surface area contributed by atoms with Crippen molar-refractivity contribution in [1.29, 1.82) is 0 Å². The van der Waals surface area contributed by atoms with Gasteiger partial charge in [0, 0.05) is 30.2 Å². The number of hydrogen-bond acceptors (Lipinski definition) is 4. The summed E-state index contributed by atoms with van der Waals surface area (Å²) in [5.41, 5.74) is 0.732. The van der Waals surface area contributed by atoms with Gasteiger partial charge in [0.05, 0.1) is 12.5 Å². The molecule has 0 aromatic heterocycles. The summed E-state index contributed by atoms with van der Waals surface area (Å²) in [5, 5.41) is 0.596. The minimum absolute atomic E-state index is 0.0876. The lowest BCUT2D eigenvalue weighted by Crippen LogP contribution is -2.51. The number of amides is 2. The van der Waals surface area contributed by atoms with Gasteiger partial charge in [-0.2, -0.15) is 0 Å². The molecular weight excluding hydrogens is 356 g/mol. The smallest absolute Gasteiger partial charge is 0.328 e. The highest BCUT2D eigenvalue weighted by Gasteiger charge is 2.41. The number of carbonyl (C=O) groups is 3. The molecule has 0 bridgehead atoms. The molecule has 2 heterocycles. The first kappa shape index (κ1) is 18.7. The van der Waals surface area contributed by atoms with Crippen molar-refractivity contribution in [3.05, 3.63) is 29.3 Å². The number of carbonyl (C=O) groups excluding carboxylic acids is 3. The molecule has 2 unspecified atom stereocenters. The van der Waals surface area contributed by atoms with E-state index in [1.54, 1.807) is 41.0 Å². The molecule has 2 aliphatic rings. The van der Waals surface area contributed by atoms with Gasteiger partial charge in [0.2, 0.25) is 11.8 Å². The van der Waals surface area contributed by atoms with Crippen LogP contribution in [0.1, 0.15) is 32.6 Å². The monoisotopic (exact) mass is 378 g/mol. The summed E-state index contributed by atoms with van der Waals surface area (Å²) in [6, 6.07) is 6.46. The summed E-state index contributed by atoms with van der Waals surface area (Å²) in [7, 11) is 0. The third-order valence-corrected chi connectivity index (χ3v) is 5.21. The molecule has 2 atom stereocenters. The molecular formula is C19H23ClN2O4. The van der Waals surface area contributed by atoms with Crippen LogP contribution in [-0.4, -0.2) is 48.4 Å². The average Bonchev–Trinajstić information content (AvgIpc) is 3.03. The van der Waals surface area contributed by atoms with Crippen LogP contribution in [0.5, 0.6) is 0 Å². The first-order chi connectivity index (χ1) is 12.5. The zero-order chi connectivity index (χ0) is 18.7. The number of esters is 1. The molecule has 0 radical (unpaired) electrons. The van der Waals surface area contributed by atoms with Gasteiger partial charge in [-0.1, -0.05) is 11.6 Å². The Morgan fingerprint density at radius 3 is 2.65 bits per heavy atom. The fourth-order valence-electron chi connectivity index (χ4n) is 3.66. The van der Waals surface area contributed by atoms with Crippen LogP contribution in [0.3, 0.4) is 0 Å². The van der Waals surface area contributed by atoms with Crippen LogP contribution >= 0.6 is 11.6 Å². The van der Waals surface area contributed by atoms with Gasteiger partial charge in [-0.3, -0.25) is 9.59 Å². The zero-order valence-electron chi connectivity index (χ0n) is 14.8. The maximum Gasteiger partial charge on any atom is 0.328 e. The van der Waals surface area contributed by atoms with Gasteiger partial charge in [0.15, 0.2) is 0 Å². The van der Waals surface area contributed by atoms with Crippen molar-refractivity contribution in [2.24, 2.45) is 5.92 Å². The Labute approximate surface area is 158 Å². The molecule has 2 fully saturated rings. The number of hydrogen-bond donors (Lipinski definition) is 0. The molecule has 140 valence electrons. The van der Waals surface area contributed by atoms with E-state index in [4.69, 9.17) is 16.3 Å². The summed E-state index contributed by atoms with van der Waals surface area (Å²) in [6.07, 6.45) is 2.54. The Morgan fingerprint density at radius 2 is 1.96 bits per heavy atom. The SMILES string of the molecule is CCOC(=O)C1CCCCN1C(=O)C1CC(=O)N(c2ccc(Cl)cc2)C1. The van der Waals surface area contributed by atoms with E-state index in [0.29, 0.717) is 31.1 Å². The highest BCUT2D eigenvalue weighted by molar-refractivity contribution is 6.30. The van der Waals surface area contributed by atoms with Crippen molar-refractivity contribution in [3.8, 4) is 0 Å². The summed E-state index contributed by atoms with van der Waals surface area (Å²) in [6.45, 7) is 2.91. The summed E-state index contributed by atoms with van der Waals surface area (Å²) in [5.74, 6) is -1.00. The van der Waals surface area contributed by atoms with Crippen molar-refractivity contribution >= 4 is 35.1 Å². The number of benzene rings is 1. The Hall–Kier alpha value is -2.08. The number of halogens is 1. The summed E-state index contributed by atoms with van der Waals surface area (Å²) in [4.78, 5) is 40.9. The van der Waals surface area contributed by atoms with Crippen LogP contribution in [-0.2, 0) is 19.1 Å². The summed E-state index contributed by atoms with van der Waals surface area (Å²) < 4.78 is 5.12. The molecule has 2 aliphatic heterocycles. The predicted octanol–water partition coefficient (Wildman–Crippen LogP) is 2.64. The number of nitrogens with zero attached hydrogens (tertiary/aromatic N) is 2. The molecule has 0 spiro atoms. The normalized spacial score (nSPS) is 23.2. The molecule has 3 rings (SSSR count). The van der Waals surface area contributed by atoms with Crippen LogP contribution < -0.4 is 4.90 Å². The van der Waals surface area contributed by atoms with E-state index >= 15 is 0 Å². The number of likely N-dealkylation sites (tertiary alicyclic amines) is 1. The lowest BCUT2D eigenvalue weighted by molar-refractivity contribution is -0.158. The average molecular weight is 379 g/mol. The van der Waals surface area contributed by atoms with Gasteiger partial charge in [-0.25, -0.2) is 4.79 Å². The van der Waals surface area contributed by atoms with Crippen molar-refractivity contribution in [1.82, 2.24) is 4.90 Å². The fourth-order valence-corrected chi connectivity index (χ4v) is 3.78. The van der Waals surface area contributed by atoms with E-state index in [1.807, 2.05) is 0 Å². The minimum Gasteiger partial charge on any atom is -0.464 e. The van der Waals surface area contributed by atoms with E-state index in [0.717, 1.165) is 18.5 Å². The van der Waals surface area contributed by atoms with Crippen molar-refractivity contribution in [3.63, 3.8) is 0 Å². The van der Waals surface area contributed by atoms with Gasteiger partial charge in [0.25, 0.3) is 0 Å². The third kappa shape index (κ3) is 3.85. The Balaban J connectivity index is 1.72. The first-order valence-electron chi connectivity index (χ1n) is 9.04. The molecule has 2 amide bonds. The van der Waals surface area contributed by atoms with Crippen molar-refractivity contribution < 1.29 is 19.1 Å². The largest absolute Gasteiger partial charge is 0.464 e. The van der Waals surface area contributed by atoms with E-state index < -0.39 is 12.0 Å². The molecule has 26 heavy (non-hydrogen) atoms. The Kier molecular flexibility index (Phi) is 5.81. The Bertz CT molecular complexity index is 691. The first-order valence-corrected chi connectivity index (χ1v) is 9.42. The fraction of sp³-hybridized carbons (Fsp3) is 0.526. The van der Waals surface area contributed by atoms with E-state index in [-0.39, 0.29) is 24.2 Å². The van der Waals surface area contributed by atoms with Gasteiger partial charge in [0.1, 0.15) is 6.04 Å². The molecule has 0 aliphatic carbocycles. The number of piperidine rings is 1. The highest BCUT2D eigenvalue weighted by atomic mass is 35.5. The molecule has 0 N–H and O–H groups in total. The number of ether oxygens (including phenoxy) is 1. The predicted molar refractivity (Wildman–Crippen MR) is 97.9 cm³/mol. The van der Waals surface area contributed by atoms with E-state index in [9.17, 15) is 14.4 Å². The molecule has 0 saturated carbocycles. The molecule has 2 saturated heterocycles. The lowest BCUT2D eigenvalue weighted by atomic mass is 9.98. The number of anilines is 1. The Morgan fingerprint density at radius 1 is 1.23 bits per heavy atom. The van der Waals surface area contributed by atoms with Crippen LogP contribution in [0.25, 0.3) is 0 Å². The molecule has 1 aromatic rings. The van der Waals surface area contributed by atoms with Crippen molar-refractivity contribution in [2.45, 2.75) is 38.6 Å². The van der Waals surface area contributed by atoms with Gasteiger partial charge < -0.3 is 14.5 Å². The highest BCUT2D eigenvalue weighted by Crippen LogP contribution is 2.29. The second kappa shape index (κ2) is 8.08. The third-order valence-electron chi connectivity index (χ3n) is 4.96. The molecule has 1 aromatic carbocycles. The standard InChI is InChI=1S/C19H23ClN2O4/c1-2-26-19(25)16-5-3-4-10-21(16)18(24)13-11-17(23)22(12-13)15-8-6-14(20)7-9-15/h6-9,13,16H,2-5,10-12H2,1H3. The van der Waals surface area contributed by atoms with E-state index in [1.165, 1.54) is 0 Å². The van der Waals surface area contributed by atoms with Gasteiger partial charge in [-0.15, -0.1) is 0 Å².